The zero-order chi connectivity index (χ0) is 15.9. The Bertz CT molecular complexity index is 890. The van der Waals surface area contributed by atoms with Crippen molar-refractivity contribution in [2.24, 2.45) is 0 Å². The summed E-state index contributed by atoms with van der Waals surface area (Å²) in [5.74, 6) is 0.320. The molecule has 0 spiro atoms. The summed E-state index contributed by atoms with van der Waals surface area (Å²) in [5.41, 5.74) is 2.22. The Morgan fingerprint density at radius 1 is 1.05 bits per heavy atom. The monoisotopic (exact) mass is 313 g/mol. The van der Waals surface area contributed by atoms with E-state index in [-0.39, 0.29) is 5.41 Å². The van der Waals surface area contributed by atoms with Crippen molar-refractivity contribution < 1.29 is 4.42 Å². The second-order valence-corrected chi connectivity index (χ2v) is 6.73. The molecule has 3 nitrogen and oxygen atoms in total. The molecule has 0 saturated carbocycles. The largest absolute Gasteiger partial charge is 0.403 e. The first-order valence-electron chi connectivity index (χ1n) is 7.06. The van der Waals surface area contributed by atoms with Crippen molar-refractivity contribution in [3.05, 3.63) is 63.5 Å². The second kappa shape index (κ2) is 5.25. The van der Waals surface area contributed by atoms with Gasteiger partial charge in [-0.25, -0.2) is 9.78 Å². The minimum atomic E-state index is -0.428. The molecule has 4 heteroatoms. The van der Waals surface area contributed by atoms with E-state index in [1.54, 1.807) is 18.2 Å². The van der Waals surface area contributed by atoms with Crippen LogP contribution in [0.25, 0.3) is 22.4 Å². The van der Waals surface area contributed by atoms with Crippen molar-refractivity contribution in [2.75, 3.05) is 0 Å². The van der Waals surface area contributed by atoms with Crippen molar-refractivity contribution in [1.82, 2.24) is 4.98 Å². The number of hydrogen-bond acceptors (Lipinski definition) is 3. The predicted molar refractivity (Wildman–Crippen MR) is 89.4 cm³/mol. The highest BCUT2D eigenvalue weighted by Crippen LogP contribution is 2.26. The van der Waals surface area contributed by atoms with Gasteiger partial charge in [-0.3, -0.25) is 0 Å². The maximum absolute atomic E-state index is 12.1. The van der Waals surface area contributed by atoms with Crippen LogP contribution in [0.1, 0.15) is 26.3 Å². The van der Waals surface area contributed by atoms with E-state index < -0.39 is 5.63 Å². The van der Waals surface area contributed by atoms with Gasteiger partial charge in [0.05, 0.1) is 10.9 Å². The molecule has 0 saturated heterocycles. The fourth-order valence-corrected chi connectivity index (χ4v) is 2.45. The fraction of sp³-hybridized carbons (Fsp3) is 0.222. The highest BCUT2D eigenvalue weighted by Gasteiger charge is 2.14. The zero-order valence-corrected chi connectivity index (χ0v) is 13.4. The lowest BCUT2D eigenvalue weighted by atomic mass is 9.87. The van der Waals surface area contributed by atoms with Crippen molar-refractivity contribution >= 4 is 22.5 Å². The first-order valence-corrected chi connectivity index (χ1v) is 7.44. The molecule has 0 fully saturated rings. The van der Waals surface area contributed by atoms with Gasteiger partial charge in [-0.1, -0.05) is 44.5 Å². The normalized spacial score (nSPS) is 11.8. The van der Waals surface area contributed by atoms with Crippen LogP contribution in [-0.2, 0) is 5.41 Å². The lowest BCUT2D eigenvalue weighted by Crippen LogP contribution is -2.10. The molecule has 2 aromatic carbocycles. The number of nitrogens with zero attached hydrogens (tertiary/aromatic N) is 1. The van der Waals surface area contributed by atoms with E-state index in [0.717, 1.165) is 5.56 Å². The lowest BCUT2D eigenvalue weighted by molar-refractivity contribution is 0.518. The van der Waals surface area contributed by atoms with Crippen LogP contribution in [0.5, 0.6) is 0 Å². The molecule has 0 radical (unpaired) electrons. The molecule has 0 aliphatic heterocycles. The van der Waals surface area contributed by atoms with Crippen molar-refractivity contribution in [3.8, 4) is 11.5 Å². The SMILES string of the molecule is CC(C)(C)c1ccc(-c2nc3ccc(Cl)cc3c(=O)o2)cc1. The summed E-state index contributed by atoms with van der Waals surface area (Å²) in [6, 6.07) is 12.9. The van der Waals surface area contributed by atoms with Gasteiger partial charge >= 0.3 is 5.63 Å². The van der Waals surface area contributed by atoms with Gasteiger partial charge in [-0.05, 0) is 41.3 Å². The summed E-state index contributed by atoms with van der Waals surface area (Å²) in [7, 11) is 0. The molecular formula is C18H16ClNO2. The number of hydrogen-bond donors (Lipinski definition) is 0. The smallest absolute Gasteiger partial charge is 0.347 e. The molecule has 0 atom stereocenters. The topological polar surface area (TPSA) is 43.1 Å². The Hall–Kier alpha value is -2.13. The number of aromatic nitrogens is 1. The summed E-state index contributed by atoms with van der Waals surface area (Å²) in [4.78, 5) is 16.5. The molecule has 0 N–H and O–H groups in total. The molecule has 1 heterocycles. The third kappa shape index (κ3) is 2.77. The van der Waals surface area contributed by atoms with E-state index in [2.05, 4.69) is 25.8 Å². The Morgan fingerprint density at radius 3 is 2.36 bits per heavy atom. The highest BCUT2D eigenvalue weighted by molar-refractivity contribution is 6.31. The van der Waals surface area contributed by atoms with Gasteiger partial charge in [0.15, 0.2) is 0 Å². The minimum absolute atomic E-state index is 0.0763. The predicted octanol–water partition coefficient (Wildman–Crippen LogP) is 4.81. The van der Waals surface area contributed by atoms with Crippen LogP contribution < -0.4 is 5.63 Å². The van der Waals surface area contributed by atoms with E-state index in [1.165, 1.54) is 5.56 Å². The zero-order valence-electron chi connectivity index (χ0n) is 12.7. The first-order chi connectivity index (χ1) is 10.3. The Morgan fingerprint density at radius 2 is 1.73 bits per heavy atom. The second-order valence-electron chi connectivity index (χ2n) is 6.30. The average molecular weight is 314 g/mol. The summed E-state index contributed by atoms with van der Waals surface area (Å²) in [5, 5.41) is 0.881. The summed E-state index contributed by atoms with van der Waals surface area (Å²) in [6.45, 7) is 6.46. The Labute approximate surface area is 133 Å². The molecule has 0 aliphatic rings. The van der Waals surface area contributed by atoms with E-state index in [0.29, 0.717) is 21.8 Å². The van der Waals surface area contributed by atoms with Crippen LogP contribution in [0.4, 0.5) is 0 Å². The highest BCUT2D eigenvalue weighted by atomic mass is 35.5. The van der Waals surface area contributed by atoms with Crippen LogP contribution >= 0.6 is 11.6 Å². The minimum Gasteiger partial charge on any atom is -0.403 e. The van der Waals surface area contributed by atoms with Gasteiger partial charge in [0.1, 0.15) is 0 Å². The molecule has 0 unspecified atom stereocenters. The van der Waals surface area contributed by atoms with Crippen molar-refractivity contribution in [1.29, 1.82) is 0 Å². The average Bonchev–Trinajstić information content (AvgIpc) is 2.47. The van der Waals surface area contributed by atoms with Gasteiger partial charge in [-0.2, -0.15) is 0 Å². The van der Waals surface area contributed by atoms with Gasteiger partial charge in [0.25, 0.3) is 0 Å². The molecule has 1 aromatic heterocycles. The molecule has 112 valence electrons. The third-order valence-corrected chi connectivity index (χ3v) is 3.82. The maximum atomic E-state index is 12.1. The summed E-state index contributed by atoms with van der Waals surface area (Å²) >= 11 is 5.90. The van der Waals surface area contributed by atoms with Crippen LogP contribution in [0, 0.1) is 0 Å². The number of rotatable bonds is 1. The number of fused-ring (bicyclic) bond motifs is 1. The van der Waals surface area contributed by atoms with Crippen molar-refractivity contribution in [2.45, 2.75) is 26.2 Å². The summed E-state index contributed by atoms with van der Waals surface area (Å²) in [6.07, 6.45) is 0. The van der Waals surface area contributed by atoms with Crippen molar-refractivity contribution in [3.63, 3.8) is 0 Å². The molecule has 3 rings (SSSR count). The van der Waals surface area contributed by atoms with E-state index in [1.807, 2.05) is 24.3 Å². The number of benzene rings is 2. The van der Waals surface area contributed by atoms with E-state index in [4.69, 9.17) is 16.0 Å². The van der Waals surface area contributed by atoms with Gasteiger partial charge in [0.2, 0.25) is 5.89 Å². The quantitative estimate of drug-likeness (QED) is 0.647. The van der Waals surface area contributed by atoms with Gasteiger partial charge in [0, 0.05) is 10.6 Å². The fourth-order valence-electron chi connectivity index (χ4n) is 2.28. The third-order valence-electron chi connectivity index (χ3n) is 3.59. The molecule has 0 bridgehead atoms. The summed E-state index contributed by atoms with van der Waals surface area (Å²) < 4.78 is 5.33. The van der Waals surface area contributed by atoms with E-state index >= 15 is 0 Å². The molecule has 0 aliphatic carbocycles. The molecule has 0 amide bonds. The number of halogens is 1. The van der Waals surface area contributed by atoms with Crippen LogP contribution in [-0.4, -0.2) is 4.98 Å². The van der Waals surface area contributed by atoms with Crippen LogP contribution in [0.3, 0.4) is 0 Å². The standard InChI is InChI=1S/C18H16ClNO2/c1-18(2,3)12-6-4-11(5-7-12)16-20-15-9-8-13(19)10-14(15)17(21)22-16/h4-10H,1-3H3. The Kier molecular flexibility index (Phi) is 3.53. The molecule has 22 heavy (non-hydrogen) atoms. The van der Waals surface area contributed by atoms with Crippen LogP contribution in [0.2, 0.25) is 5.02 Å². The van der Waals surface area contributed by atoms with Crippen LogP contribution in [0.15, 0.2) is 51.7 Å². The lowest BCUT2D eigenvalue weighted by Gasteiger charge is -2.18. The first kappa shape index (κ1) is 14.8. The molecule has 3 aromatic rings. The maximum Gasteiger partial charge on any atom is 0.347 e. The van der Waals surface area contributed by atoms with E-state index in [9.17, 15) is 4.79 Å². The molecular weight excluding hydrogens is 298 g/mol. The van der Waals surface area contributed by atoms with Gasteiger partial charge < -0.3 is 4.42 Å². The Balaban J connectivity index is 2.11. The van der Waals surface area contributed by atoms with Gasteiger partial charge in [-0.15, -0.1) is 0 Å².